The van der Waals surface area contributed by atoms with Gasteiger partial charge in [-0.2, -0.15) is 0 Å². The standard InChI is InChI=1S/C12H16BrNO3/c1-8(13)5-6-14(2)12(17)9-3-4-10(15)11(16)7-9/h3-4,7-8,15-16H,5-6H2,1-2H3. The van der Waals surface area contributed by atoms with E-state index < -0.39 is 0 Å². The van der Waals surface area contributed by atoms with Gasteiger partial charge in [-0.3, -0.25) is 4.79 Å². The number of phenolic OH excluding ortho intramolecular Hbond substituents is 2. The maximum absolute atomic E-state index is 11.9. The molecule has 0 fully saturated rings. The van der Waals surface area contributed by atoms with Crippen molar-refractivity contribution < 1.29 is 15.0 Å². The van der Waals surface area contributed by atoms with Crippen molar-refractivity contribution >= 4 is 21.8 Å². The first-order valence-corrected chi connectivity index (χ1v) is 6.25. The highest BCUT2D eigenvalue weighted by molar-refractivity contribution is 9.09. The van der Waals surface area contributed by atoms with E-state index in [1.54, 1.807) is 11.9 Å². The van der Waals surface area contributed by atoms with Gasteiger partial charge < -0.3 is 15.1 Å². The molecule has 1 aromatic rings. The molecule has 0 radical (unpaired) electrons. The first kappa shape index (κ1) is 13.8. The molecular weight excluding hydrogens is 286 g/mol. The van der Waals surface area contributed by atoms with Gasteiger partial charge in [0.15, 0.2) is 11.5 Å². The molecule has 1 unspecified atom stereocenters. The molecule has 0 saturated carbocycles. The average molecular weight is 302 g/mol. The lowest BCUT2D eigenvalue weighted by Crippen LogP contribution is -2.28. The van der Waals surface area contributed by atoms with E-state index in [9.17, 15) is 9.90 Å². The Morgan fingerprint density at radius 1 is 1.41 bits per heavy atom. The molecular formula is C12H16BrNO3. The fourth-order valence-corrected chi connectivity index (χ4v) is 1.55. The molecule has 1 rings (SSSR count). The van der Waals surface area contributed by atoms with Crippen LogP contribution in [-0.4, -0.2) is 39.4 Å². The third kappa shape index (κ3) is 3.93. The maximum Gasteiger partial charge on any atom is 0.253 e. The summed E-state index contributed by atoms with van der Waals surface area (Å²) in [6.45, 7) is 2.65. The minimum Gasteiger partial charge on any atom is -0.504 e. The molecule has 17 heavy (non-hydrogen) atoms. The largest absolute Gasteiger partial charge is 0.504 e. The molecule has 0 spiro atoms. The van der Waals surface area contributed by atoms with Crippen molar-refractivity contribution in [3.05, 3.63) is 23.8 Å². The number of alkyl halides is 1. The van der Waals surface area contributed by atoms with Gasteiger partial charge >= 0.3 is 0 Å². The molecule has 0 heterocycles. The normalized spacial score (nSPS) is 12.2. The molecule has 1 atom stereocenters. The molecule has 0 aliphatic rings. The van der Waals surface area contributed by atoms with E-state index in [-0.39, 0.29) is 17.4 Å². The smallest absolute Gasteiger partial charge is 0.253 e. The third-order valence-corrected chi connectivity index (χ3v) is 2.89. The number of amides is 1. The van der Waals surface area contributed by atoms with Crippen LogP contribution in [0.1, 0.15) is 23.7 Å². The molecule has 94 valence electrons. The number of hydrogen-bond donors (Lipinski definition) is 2. The highest BCUT2D eigenvalue weighted by Gasteiger charge is 2.13. The first-order valence-electron chi connectivity index (χ1n) is 5.33. The van der Waals surface area contributed by atoms with Crippen LogP contribution >= 0.6 is 15.9 Å². The van der Waals surface area contributed by atoms with Gasteiger partial charge in [0.1, 0.15) is 0 Å². The number of rotatable bonds is 4. The Labute approximate surface area is 109 Å². The minimum absolute atomic E-state index is 0.173. The van der Waals surface area contributed by atoms with E-state index in [0.717, 1.165) is 6.42 Å². The zero-order valence-electron chi connectivity index (χ0n) is 9.85. The molecule has 0 aliphatic carbocycles. The molecule has 1 amide bonds. The van der Waals surface area contributed by atoms with Crippen molar-refractivity contribution in [2.24, 2.45) is 0 Å². The van der Waals surface area contributed by atoms with Crippen molar-refractivity contribution in [3.8, 4) is 11.5 Å². The molecule has 0 saturated heterocycles. The number of halogens is 1. The average Bonchev–Trinajstić information content (AvgIpc) is 2.28. The quantitative estimate of drug-likeness (QED) is 0.663. The summed E-state index contributed by atoms with van der Waals surface area (Å²) in [6, 6.07) is 4.07. The van der Waals surface area contributed by atoms with Gasteiger partial charge in [-0.1, -0.05) is 22.9 Å². The number of carbonyl (C=O) groups is 1. The monoisotopic (exact) mass is 301 g/mol. The van der Waals surface area contributed by atoms with E-state index in [0.29, 0.717) is 16.9 Å². The second-order valence-electron chi connectivity index (χ2n) is 4.00. The summed E-state index contributed by atoms with van der Waals surface area (Å²) in [5.74, 6) is -0.676. The van der Waals surface area contributed by atoms with Crippen LogP contribution in [0.4, 0.5) is 0 Å². The Kier molecular flexibility index (Phi) is 4.81. The number of aromatic hydroxyl groups is 2. The summed E-state index contributed by atoms with van der Waals surface area (Å²) in [6.07, 6.45) is 0.853. The summed E-state index contributed by atoms with van der Waals surface area (Å²) < 4.78 is 0. The third-order valence-electron chi connectivity index (χ3n) is 2.43. The summed E-state index contributed by atoms with van der Waals surface area (Å²) in [4.78, 5) is 13.9. The van der Waals surface area contributed by atoms with E-state index >= 15 is 0 Å². The molecule has 0 bridgehead atoms. The van der Waals surface area contributed by atoms with Crippen molar-refractivity contribution in [2.45, 2.75) is 18.2 Å². The van der Waals surface area contributed by atoms with Gasteiger partial charge in [0.2, 0.25) is 0 Å². The fourth-order valence-electron chi connectivity index (χ4n) is 1.35. The molecule has 5 heteroatoms. The van der Waals surface area contributed by atoms with Crippen molar-refractivity contribution in [2.75, 3.05) is 13.6 Å². The first-order chi connectivity index (χ1) is 7.91. The Balaban J connectivity index is 2.71. The van der Waals surface area contributed by atoms with Gasteiger partial charge in [-0.15, -0.1) is 0 Å². The molecule has 0 aromatic heterocycles. The van der Waals surface area contributed by atoms with Crippen LogP contribution in [0.25, 0.3) is 0 Å². The summed E-state index contributed by atoms with van der Waals surface area (Å²) in [7, 11) is 1.71. The van der Waals surface area contributed by atoms with Gasteiger partial charge in [0.25, 0.3) is 5.91 Å². The van der Waals surface area contributed by atoms with Crippen LogP contribution in [0.5, 0.6) is 11.5 Å². The van der Waals surface area contributed by atoms with Crippen LogP contribution in [0, 0.1) is 0 Å². The van der Waals surface area contributed by atoms with E-state index in [2.05, 4.69) is 15.9 Å². The summed E-state index contributed by atoms with van der Waals surface area (Å²) >= 11 is 3.42. The highest BCUT2D eigenvalue weighted by Crippen LogP contribution is 2.25. The Bertz CT molecular complexity index is 407. The number of hydrogen-bond acceptors (Lipinski definition) is 3. The second-order valence-corrected chi connectivity index (χ2v) is 5.56. The van der Waals surface area contributed by atoms with Crippen LogP contribution in [-0.2, 0) is 0 Å². The zero-order chi connectivity index (χ0) is 13.0. The molecule has 0 aliphatic heterocycles. The van der Waals surface area contributed by atoms with Crippen LogP contribution in [0.3, 0.4) is 0 Å². The topological polar surface area (TPSA) is 60.8 Å². The van der Waals surface area contributed by atoms with Crippen molar-refractivity contribution in [1.82, 2.24) is 4.90 Å². The van der Waals surface area contributed by atoms with Crippen LogP contribution < -0.4 is 0 Å². The second kappa shape index (κ2) is 5.91. The van der Waals surface area contributed by atoms with Crippen molar-refractivity contribution in [1.29, 1.82) is 0 Å². The number of carbonyl (C=O) groups excluding carboxylic acids is 1. The Hall–Kier alpha value is -1.23. The number of benzene rings is 1. The molecule has 2 N–H and O–H groups in total. The molecule has 1 aromatic carbocycles. The highest BCUT2D eigenvalue weighted by atomic mass is 79.9. The van der Waals surface area contributed by atoms with Crippen LogP contribution in [0.15, 0.2) is 18.2 Å². The summed E-state index contributed by atoms with van der Waals surface area (Å²) in [5, 5.41) is 18.5. The maximum atomic E-state index is 11.9. The lowest BCUT2D eigenvalue weighted by Gasteiger charge is -2.18. The summed E-state index contributed by atoms with van der Waals surface area (Å²) in [5.41, 5.74) is 0.366. The van der Waals surface area contributed by atoms with Crippen LogP contribution in [0.2, 0.25) is 0 Å². The SMILES string of the molecule is CC(Br)CCN(C)C(=O)c1ccc(O)c(O)c1. The minimum atomic E-state index is -0.280. The fraction of sp³-hybridized carbons (Fsp3) is 0.417. The lowest BCUT2D eigenvalue weighted by atomic mass is 10.1. The van der Waals surface area contributed by atoms with Gasteiger partial charge in [-0.05, 0) is 24.6 Å². The van der Waals surface area contributed by atoms with Gasteiger partial charge in [-0.25, -0.2) is 0 Å². The number of nitrogens with zero attached hydrogens (tertiary/aromatic N) is 1. The van der Waals surface area contributed by atoms with E-state index in [1.165, 1.54) is 18.2 Å². The zero-order valence-corrected chi connectivity index (χ0v) is 11.4. The van der Waals surface area contributed by atoms with Crippen molar-refractivity contribution in [3.63, 3.8) is 0 Å². The predicted octanol–water partition coefficient (Wildman–Crippen LogP) is 2.34. The van der Waals surface area contributed by atoms with Gasteiger partial charge in [0, 0.05) is 24.0 Å². The van der Waals surface area contributed by atoms with Gasteiger partial charge in [0.05, 0.1) is 0 Å². The van der Waals surface area contributed by atoms with E-state index in [1.807, 2.05) is 6.92 Å². The predicted molar refractivity (Wildman–Crippen MR) is 69.7 cm³/mol. The van der Waals surface area contributed by atoms with E-state index in [4.69, 9.17) is 5.11 Å². The lowest BCUT2D eigenvalue weighted by molar-refractivity contribution is 0.0793. The number of phenols is 2. The molecule has 4 nitrogen and oxygen atoms in total. The Morgan fingerprint density at radius 3 is 2.59 bits per heavy atom. The Morgan fingerprint density at radius 2 is 2.06 bits per heavy atom.